The molecule has 1 aromatic carbocycles. The third kappa shape index (κ3) is 2.74. The van der Waals surface area contributed by atoms with Crippen LogP contribution in [0.5, 0.6) is 0 Å². The molecule has 2 heterocycles. The number of nitriles is 1. The lowest BCUT2D eigenvalue weighted by Gasteiger charge is -2.28. The van der Waals surface area contributed by atoms with Gasteiger partial charge in [0.25, 0.3) is 5.56 Å². The van der Waals surface area contributed by atoms with Crippen molar-refractivity contribution in [3.8, 4) is 17.2 Å². The van der Waals surface area contributed by atoms with Gasteiger partial charge in [0.15, 0.2) is 0 Å². The lowest BCUT2D eigenvalue weighted by molar-refractivity contribution is 0.122. The molecule has 0 amide bonds. The number of ether oxygens (including phenoxy) is 1. The van der Waals surface area contributed by atoms with Gasteiger partial charge in [-0.25, -0.2) is 0 Å². The highest BCUT2D eigenvalue weighted by Crippen LogP contribution is 2.25. The molecule has 2 aromatic rings. The van der Waals surface area contributed by atoms with Gasteiger partial charge in [-0.2, -0.15) is 5.26 Å². The van der Waals surface area contributed by atoms with Crippen molar-refractivity contribution >= 4 is 5.69 Å². The molecule has 1 aliphatic rings. The zero-order valence-corrected chi connectivity index (χ0v) is 12.4. The van der Waals surface area contributed by atoms with Crippen molar-refractivity contribution in [2.24, 2.45) is 0 Å². The van der Waals surface area contributed by atoms with Crippen LogP contribution in [-0.4, -0.2) is 31.3 Å². The fourth-order valence-electron chi connectivity index (χ4n) is 2.70. The standard InChI is InChI=1S/C17H17N3O2/c1-12-10-15(16(11-18)17(21)19-12)13-2-4-14(5-3-13)20-6-8-22-9-7-20/h2-5,10H,6-9H2,1H3,(H,19,21). The predicted octanol–water partition coefficient (Wildman–Crippen LogP) is 2.06. The highest BCUT2D eigenvalue weighted by atomic mass is 16.5. The van der Waals surface area contributed by atoms with E-state index in [4.69, 9.17) is 4.74 Å². The Labute approximate surface area is 128 Å². The number of nitrogens with one attached hydrogen (secondary N) is 1. The van der Waals surface area contributed by atoms with E-state index in [-0.39, 0.29) is 11.1 Å². The summed E-state index contributed by atoms with van der Waals surface area (Å²) in [6.45, 7) is 5.06. The molecular weight excluding hydrogens is 278 g/mol. The Balaban J connectivity index is 1.97. The molecule has 0 spiro atoms. The molecule has 0 unspecified atom stereocenters. The minimum absolute atomic E-state index is 0.157. The number of aromatic amines is 1. The van der Waals surface area contributed by atoms with E-state index < -0.39 is 0 Å². The second kappa shape index (κ2) is 6.04. The summed E-state index contributed by atoms with van der Waals surface area (Å²) in [5.41, 5.74) is 3.25. The fourth-order valence-corrected chi connectivity index (χ4v) is 2.70. The molecule has 0 atom stereocenters. The van der Waals surface area contributed by atoms with Crippen LogP contribution in [0.2, 0.25) is 0 Å². The SMILES string of the molecule is Cc1cc(-c2ccc(N3CCOCC3)cc2)c(C#N)c(=O)[nH]1. The van der Waals surface area contributed by atoms with Crippen LogP contribution in [0.4, 0.5) is 5.69 Å². The Morgan fingerprint density at radius 2 is 1.91 bits per heavy atom. The van der Waals surface area contributed by atoms with E-state index in [0.29, 0.717) is 5.56 Å². The van der Waals surface area contributed by atoms with Crippen LogP contribution in [0.3, 0.4) is 0 Å². The molecule has 1 aromatic heterocycles. The summed E-state index contributed by atoms with van der Waals surface area (Å²) < 4.78 is 5.35. The number of nitrogens with zero attached hydrogens (tertiary/aromatic N) is 2. The Morgan fingerprint density at radius 3 is 2.55 bits per heavy atom. The molecule has 22 heavy (non-hydrogen) atoms. The first-order valence-electron chi connectivity index (χ1n) is 7.26. The minimum Gasteiger partial charge on any atom is -0.378 e. The third-order valence-electron chi connectivity index (χ3n) is 3.83. The Morgan fingerprint density at radius 1 is 1.23 bits per heavy atom. The number of anilines is 1. The molecule has 0 aliphatic carbocycles. The van der Waals surface area contributed by atoms with Gasteiger partial charge in [-0.1, -0.05) is 12.1 Å². The number of pyridine rings is 1. The first-order valence-corrected chi connectivity index (χ1v) is 7.26. The zero-order chi connectivity index (χ0) is 15.5. The predicted molar refractivity (Wildman–Crippen MR) is 85.0 cm³/mol. The summed E-state index contributed by atoms with van der Waals surface area (Å²) >= 11 is 0. The molecule has 1 fully saturated rings. The number of benzene rings is 1. The molecule has 0 bridgehead atoms. The van der Waals surface area contributed by atoms with Crippen molar-refractivity contribution in [1.82, 2.24) is 4.98 Å². The zero-order valence-electron chi connectivity index (χ0n) is 12.4. The number of H-pyrrole nitrogens is 1. The average Bonchev–Trinajstić information content (AvgIpc) is 2.55. The van der Waals surface area contributed by atoms with Crippen LogP contribution in [0, 0.1) is 18.3 Å². The van der Waals surface area contributed by atoms with Crippen LogP contribution in [0.1, 0.15) is 11.3 Å². The van der Waals surface area contributed by atoms with E-state index in [1.54, 1.807) is 0 Å². The summed E-state index contributed by atoms with van der Waals surface area (Å²) in [4.78, 5) is 16.8. The molecule has 1 saturated heterocycles. The second-order valence-corrected chi connectivity index (χ2v) is 5.33. The second-order valence-electron chi connectivity index (χ2n) is 5.33. The van der Waals surface area contributed by atoms with Gasteiger partial charge in [0.05, 0.1) is 13.2 Å². The quantitative estimate of drug-likeness (QED) is 0.920. The van der Waals surface area contributed by atoms with Crippen LogP contribution in [-0.2, 0) is 4.74 Å². The summed E-state index contributed by atoms with van der Waals surface area (Å²) in [5, 5.41) is 9.22. The smallest absolute Gasteiger partial charge is 0.266 e. The number of morpholine rings is 1. The van der Waals surface area contributed by atoms with Crippen molar-refractivity contribution in [2.75, 3.05) is 31.2 Å². The first kappa shape index (κ1) is 14.4. The number of rotatable bonds is 2. The lowest BCUT2D eigenvalue weighted by atomic mass is 10.0. The highest BCUT2D eigenvalue weighted by molar-refractivity contribution is 5.72. The maximum absolute atomic E-state index is 11.9. The third-order valence-corrected chi connectivity index (χ3v) is 3.83. The normalized spacial score (nSPS) is 14.6. The summed E-state index contributed by atoms with van der Waals surface area (Å²) in [7, 11) is 0. The molecule has 0 radical (unpaired) electrons. The van der Waals surface area contributed by atoms with Crippen LogP contribution in [0.25, 0.3) is 11.1 Å². The molecular formula is C17H17N3O2. The number of hydrogen-bond acceptors (Lipinski definition) is 4. The maximum Gasteiger partial charge on any atom is 0.266 e. The molecule has 5 nitrogen and oxygen atoms in total. The topological polar surface area (TPSA) is 69.1 Å². The largest absolute Gasteiger partial charge is 0.378 e. The van der Waals surface area contributed by atoms with Gasteiger partial charge < -0.3 is 14.6 Å². The van der Waals surface area contributed by atoms with Gasteiger partial charge >= 0.3 is 0 Å². The van der Waals surface area contributed by atoms with Crippen LogP contribution < -0.4 is 10.5 Å². The fraction of sp³-hybridized carbons (Fsp3) is 0.294. The van der Waals surface area contributed by atoms with Crippen molar-refractivity contribution < 1.29 is 4.74 Å². The molecule has 112 valence electrons. The Hall–Kier alpha value is -2.58. The van der Waals surface area contributed by atoms with E-state index in [2.05, 4.69) is 9.88 Å². The van der Waals surface area contributed by atoms with E-state index in [1.165, 1.54) is 0 Å². The van der Waals surface area contributed by atoms with Crippen LogP contribution in [0.15, 0.2) is 35.1 Å². The van der Waals surface area contributed by atoms with E-state index >= 15 is 0 Å². The maximum atomic E-state index is 11.9. The minimum atomic E-state index is -0.338. The van der Waals surface area contributed by atoms with Gasteiger partial charge in [0.2, 0.25) is 0 Å². The van der Waals surface area contributed by atoms with Crippen molar-refractivity contribution in [3.05, 3.63) is 51.9 Å². The van der Waals surface area contributed by atoms with Gasteiger partial charge in [-0.15, -0.1) is 0 Å². The van der Waals surface area contributed by atoms with E-state index in [9.17, 15) is 10.1 Å². The number of aryl methyl sites for hydroxylation is 1. The Kier molecular flexibility index (Phi) is 3.94. The summed E-state index contributed by atoms with van der Waals surface area (Å²) in [6, 6.07) is 11.8. The van der Waals surface area contributed by atoms with Gasteiger partial charge in [0.1, 0.15) is 11.6 Å². The van der Waals surface area contributed by atoms with Crippen molar-refractivity contribution in [2.45, 2.75) is 6.92 Å². The van der Waals surface area contributed by atoms with Crippen molar-refractivity contribution in [1.29, 1.82) is 5.26 Å². The van der Waals surface area contributed by atoms with Crippen molar-refractivity contribution in [3.63, 3.8) is 0 Å². The first-order chi connectivity index (χ1) is 10.7. The van der Waals surface area contributed by atoms with Crippen LogP contribution >= 0.6 is 0 Å². The van der Waals surface area contributed by atoms with E-state index in [0.717, 1.165) is 43.2 Å². The molecule has 0 saturated carbocycles. The highest BCUT2D eigenvalue weighted by Gasteiger charge is 2.13. The monoisotopic (exact) mass is 295 g/mol. The van der Waals surface area contributed by atoms with E-state index in [1.807, 2.05) is 43.3 Å². The molecule has 1 aliphatic heterocycles. The summed E-state index contributed by atoms with van der Waals surface area (Å²) in [6.07, 6.45) is 0. The van der Waals surface area contributed by atoms with Gasteiger partial charge in [-0.3, -0.25) is 4.79 Å². The average molecular weight is 295 g/mol. The molecule has 1 N–H and O–H groups in total. The van der Waals surface area contributed by atoms with Gasteiger partial charge in [0, 0.05) is 30.0 Å². The van der Waals surface area contributed by atoms with Gasteiger partial charge in [-0.05, 0) is 30.7 Å². The summed E-state index contributed by atoms with van der Waals surface area (Å²) in [5.74, 6) is 0. The number of aromatic nitrogens is 1. The molecule has 3 rings (SSSR count). The molecule has 5 heteroatoms. The number of hydrogen-bond donors (Lipinski definition) is 1. The lowest BCUT2D eigenvalue weighted by Crippen LogP contribution is -2.36. The Bertz CT molecular complexity index is 766.